The fraction of sp³-hybridized carbons (Fsp3) is 0.667. The lowest BCUT2D eigenvalue weighted by atomic mass is 9.75. The van der Waals surface area contributed by atoms with Crippen LogP contribution in [0.3, 0.4) is 0 Å². The summed E-state index contributed by atoms with van der Waals surface area (Å²) < 4.78 is 11.5. The van der Waals surface area contributed by atoms with Crippen LogP contribution in [-0.2, 0) is 14.3 Å². The molecule has 2 saturated heterocycles. The highest BCUT2D eigenvalue weighted by Crippen LogP contribution is 2.37. The number of likely N-dealkylation sites (tertiary alicyclic amines) is 1. The van der Waals surface area contributed by atoms with E-state index in [1.165, 1.54) is 0 Å². The Hall–Kier alpha value is -2.08. The van der Waals surface area contributed by atoms with Gasteiger partial charge in [0.2, 0.25) is 11.8 Å². The minimum absolute atomic E-state index is 0.178. The van der Waals surface area contributed by atoms with Gasteiger partial charge in [0.15, 0.2) is 0 Å². The van der Waals surface area contributed by atoms with E-state index >= 15 is 0 Å². The van der Waals surface area contributed by atoms with Crippen molar-refractivity contribution in [3.8, 4) is 5.75 Å². The molecule has 2 aliphatic rings. The molecule has 1 aromatic carbocycles. The number of rotatable bonds is 9. The summed E-state index contributed by atoms with van der Waals surface area (Å²) >= 11 is 0. The molecule has 6 heteroatoms. The molecule has 0 saturated carbocycles. The van der Waals surface area contributed by atoms with Crippen LogP contribution in [-0.4, -0.2) is 67.6 Å². The van der Waals surface area contributed by atoms with E-state index < -0.39 is 0 Å². The lowest BCUT2D eigenvalue weighted by Gasteiger charge is -2.42. The molecule has 6 nitrogen and oxygen atoms in total. The van der Waals surface area contributed by atoms with Gasteiger partial charge >= 0.3 is 0 Å². The average molecular weight is 417 g/mol. The Morgan fingerprint density at radius 2 is 1.63 bits per heavy atom. The second-order valence-corrected chi connectivity index (χ2v) is 8.61. The molecule has 0 bridgehead atoms. The summed E-state index contributed by atoms with van der Waals surface area (Å²) in [5.41, 5.74) is -0.231. The maximum absolute atomic E-state index is 13.0. The molecule has 0 N–H and O–H groups in total. The second kappa shape index (κ2) is 11.3. The van der Waals surface area contributed by atoms with Gasteiger partial charge in [-0.05, 0) is 31.4 Å². The summed E-state index contributed by atoms with van der Waals surface area (Å²) in [6, 6.07) is 9.78. The van der Waals surface area contributed by atoms with Crippen molar-refractivity contribution >= 4 is 11.8 Å². The number of ether oxygens (including phenoxy) is 2. The van der Waals surface area contributed by atoms with Crippen LogP contribution in [0.5, 0.6) is 5.75 Å². The summed E-state index contributed by atoms with van der Waals surface area (Å²) in [7, 11) is 0. The van der Waals surface area contributed by atoms with E-state index in [9.17, 15) is 9.59 Å². The zero-order valence-corrected chi connectivity index (χ0v) is 18.3. The highest BCUT2D eigenvalue weighted by molar-refractivity contribution is 5.78. The van der Waals surface area contributed by atoms with Gasteiger partial charge in [-0.2, -0.15) is 0 Å². The Morgan fingerprint density at radius 1 is 0.967 bits per heavy atom. The van der Waals surface area contributed by atoms with Gasteiger partial charge in [-0.25, -0.2) is 0 Å². The molecule has 0 aliphatic carbocycles. The number of amides is 2. The van der Waals surface area contributed by atoms with E-state index in [-0.39, 0.29) is 17.2 Å². The van der Waals surface area contributed by atoms with Crippen molar-refractivity contribution in [1.29, 1.82) is 0 Å². The molecule has 166 valence electrons. The SMILES string of the molecule is CCCCCC(=O)N1CCC(COc2ccccc2)(CC(=O)N2CCOCC2)CC1. The van der Waals surface area contributed by atoms with E-state index in [2.05, 4.69) is 6.92 Å². The first-order chi connectivity index (χ1) is 14.6. The first-order valence-electron chi connectivity index (χ1n) is 11.4. The third-order valence-corrected chi connectivity index (χ3v) is 6.35. The maximum Gasteiger partial charge on any atom is 0.223 e. The van der Waals surface area contributed by atoms with Crippen LogP contribution in [0.25, 0.3) is 0 Å². The van der Waals surface area contributed by atoms with E-state index in [4.69, 9.17) is 9.47 Å². The highest BCUT2D eigenvalue weighted by atomic mass is 16.5. The molecule has 3 rings (SSSR count). The zero-order chi connectivity index (χ0) is 21.2. The Morgan fingerprint density at radius 3 is 2.30 bits per heavy atom. The van der Waals surface area contributed by atoms with Crippen molar-refractivity contribution in [2.24, 2.45) is 5.41 Å². The smallest absolute Gasteiger partial charge is 0.223 e. The average Bonchev–Trinajstić information content (AvgIpc) is 2.79. The Kier molecular flexibility index (Phi) is 8.55. The van der Waals surface area contributed by atoms with E-state index in [0.29, 0.717) is 58.8 Å². The first-order valence-corrected chi connectivity index (χ1v) is 11.4. The second-order valence-electron chi connectivity index (χ2n) is 8.61. The fourth-order valence-electron chi connectivity index (χ4n) is 4.29. The van der Waals surface area contributed by atoms with Gasteiger partial charge in [-0.1, -0.05) is 38.0 Å². The predicted molar refractivity (Wildman–Crippen MR) is 116 cm³/mol. The third kappa shape index (κ3) is 6.46. The van der Waals surface area contributed by atoms with Crippen LogP contribution in [0.15, 0.2) is 30.3 Å². The number of benzene rings is 1. The van der Waals surface area contributed by atoms with Gasteiger partial charge in [0.05, 0.1) is 19.8 Å². The van der Waals surface area contributed by atoms with Gasteiger partial charge in [-0.15, -0.1) is 0 Å². The molecule has 0 aromatic heterocycles. The number of morpholine rings is 1. The maximum atomic E-state index is 13.0. The molecule has 0 spiro atoms. The largest absolute Gasteiger partial charge is 0.493 e. The molecule has 2 amide bonds. The summed E-state index contributed by atoms with van der Waals surface area (Å²) in [5.74, 6) is 1.26. The van der Waals surface area contributed by atoms with Gasteiger partial charge in [-0.3, -0.25) is 9.59 Å². The summed E-state index contributed by atoms with van der Waals surface area (Å²) in [6.07, 6.45) is 5.89. The molecular weight excluding hydrogens is 380 g/mol. The lowest BCUT2D eigenvalue weighted by molar-refractivity contribution is -0.141. The highest BCUT2D eigenvalue weighted by Gasteiger charge is 2.39. The molecule has 2 fully saturated rings. The van der Waals surface area contributed by atoms with Crippen LogP contribution in [0.4, 0.5) is 0 Å². The zero-order valence-electron chi connectivity index (χ0n) is 18.3. The molecule has 0 atom stereocenters. The van der Waals surface area contributed by atoms with Crippen molar-refractivity contribution in [2.45, 2.75) is 51.9 Å². The van der Waals surface area contributed by atoms with Crippen LogP contribution < -0.4 is 4.74 Å². The summed E-state index contributed by atoms with van der Waals surface area (Å²) in [6.45, 7) is 6.62. The standard InChI is InChI=1S/C24H36N2O4/c1-2-3-5-10-22(27)25-13-11-24(12-14-25,20-30-21-8-6-4-7-9-21)19-23(28)26-15-17-29-18-16-26/h4,6-9H,2-3,5,10-20H2,1H3. The number of piperidine rings is 1. The molecule has 2 aliphatic heterocycles. The Balaban J connectivity index is 1.61. The molecule has 1 aromatic rings. The number of nitrogens with zero attached hydrogens (tertiary/aromatic N) is 2. The van der Waals surface area contributed by atoms with Gasteiger partial charge in [0.25, 0.3) is 0 Å². The number of hydrogen-bond acceptors (Lipinski definition) is 4. The van der Waals surface area contributed by atoms with Gasteiger partial charge < -0.3 is 19.3 Å². The molecule has 30 heavy (non-hydrogen) atoms. The lowest BCUT2D eigenvalue weighted by Crippen LogP contribution is -2.49. The summed E-state index contributed by atoms with van der Waals surface area (Å²) in [4.78, 5) is 29.4. The van der Waals surface area contributed by atoms with Crippen LogP contribution >= 0.6 is 0 Å². The van der Waals surface area contributed by atoms with Crippen LogP contribution in [0.1, 0.15) is 51.9 Å². The van der Waals surface area contributed by atoms with Crippen molar-refractivity contribution in [2.75, 3.05) is 46.0 Å². The van der Waals surface area contributed by atoms with Crippen molar-refractivity contribution in [3.05, 3.63) is 30.3 Å². The van der Waals surface area contributed by atoms with Crippen LogP contribution in [0.2, 0.25) is 0 Å². The van der Waals surface area contributed by atoms with E-state index in [1.807, 2.05) is 40.1 Å². The Labute approximate surface area is 180 Å². The third-order valence-electron chi connectivity index (χ3n) is 6.35. The van der Waals surface area contributed by atoms with E-state index in [1.54, 1.807) is 0 Å². The monoisotopic (exact) mass is 416 g/mol. The topological polar surface area (TPSA) is 59.1 Å². The summed E-state index contributed by atoms with van der Waals surface area (Å²) in [5, 5.41) is 0. The normalized spacial score (nSPS) is 18.8. The minimum atomic E-state index is -0.231. The number of carbonyl (C=O) groups excluding carboxylic acids is 2. The van der Waals surface area contributed by atoms with Crippen LogP contribution in [0, 0.1) is 5.41 Å². The number of carbonyl (C=O) groups is 2. The van der Waals surface area contributed by atoms with Gasteiger partial charge in [0, 0.05) is 44.4 Å². The number of para-hydroxylation sites is 1. The molecular formula is C24H36N2O4. The molecule has 0 radical (unpaired) electrons. The molecule has 2 heterocycles. The van der Waals surface area contributed by atoms with Crippen molar-refractivity contribution in [3.63, 3.8) is 0 Å². The minimum Gasteiger partial charge on any atom is -0.493 e. The fourth-order valence-corrected chi connectivity index (χ4v) is 4.29. The predicted octanol–water partition coefficient (Wildman–Crippen LogP) is 3.50. The Bertz CT molecular complexity index is 665. The first kappa shape index (κ1) is 22.6. The quantitative estimate of drug-likeness (QED) is 0.578. The number of unbranched alkanes of at least 4 members (excludes halogenated alkanes) is 2. The van der Waals surface area contributed by atoms with Crippen molar-refractivity contribution in [1.82, 2.24) is 9.80 Å². The molecule has 0 unspecified atom stereocenters. The van der Waals surface area contributed by atoms with Crippen molar-refractivity contribution < 1.29 is 19.1 Å². The van der Waals surface area contributed by atoms with Gasteiger partial charge in [0.1, 0.15) is 5.75 Å². The number of hydrogen-bond donors (Lipinski definition) is 0. The van der Waals surface area contributed by atoms with E-state index in [0.717, 1.165) is 37.9 Å².